The molecule has 1 saturated carbocycles. The monoisotopic (exact) mass is 356 g/mol. The Balaban J connectivity index is 1.65. The highest BCUT2D eigenvalue weighted by atomic mass is 16.2. The van der Waals surface area contributed by atoms with Crippen molar-refractivity contribution in [3.8, 4) is 0 Å². The van der Waals surface area contributed by atoms with Gasteiger partial charge in [0.05, 0.1) is 6.54 Å². The van der Waals surface area contributed by atoms with Crippen molar-refractivity contribution in [1.29, 1.82) is 0 Å². The van der Waals surface area contributed by atoms with E-state index < -0.39 is 0 Å². The summed E-state index contributed by atoms with van der Waals surface area (Å²) in [5.74, 6) is 2.77. The summed E-state index contributed by atoms with van der Waals surface area (Å²) in [6.45, 7) is 5.95. The Morgan fingerprint density at radius 2 is 1.77 bits per heavy atom. The van der Waals surface area contributed by atoms with Crippen LogP contribution in [0.2, 0.25) is 0 Å². The number of benzene rings is 1. The lowest BCUT2D eigenvalue weighted by Crippen LogP contribution is -2.40. The van der Waals surface area contributed by atoms with Crippen LogP contribution in [0, 0.1) is 11.8 Å². The second kappa shape index (κ2) is 8.56. The molecule has 0 radical (unpaired) electrons. The van der Waals surface area contributed by atoms with E-state index in [2.05, 4.69) is 17.1 Å². The minimum Gasteiger partial charge on any atom is -0.357 e. The Kier molecular flexibility index (Phi) is 6.17. The molecule has 2 aliphatic rings. The molecule has 142 valence electrons. The molecule has 0 bridgehead atoms. The van der Waals surface area contributed by atoms with Crippen molar-refractivity contribution < 1.29 is 4.79 Å². The summed E-state index contributed by atoms with van der Waals surface area (Å²) in [4.78, 5) is 20.9. The number of carbonyl (C=O) groups is 1. The average Bonchev–Trinajstić information content (AvgIpc) is 3.09. The first-order chi connectivity index (χ1) is 12.6. The Morgan fingerprint density at radius 3 is 2.31 bits per heavy atom. The zero-order chi connectivity index (χ0) is 18.5. The number of nitrogens with one attached hydrogen (secondary N) is 1. The van der Waals surface area contributed by atoms with E-state index in [0.717, 1.165) is 48.6 Å². The van der Waals surface area contributed by atoms with Crippen molar-refractivity contribution in [2.75, 3.05) is 33.7 Å². The van der Waals surface area contributed by atoms with Crippen molar-refractivity contribution >= 4 is 11.9 Å². The van der Waals surface area contributed by atoms with Gasteiger partial charge in [-0.2, -0.15) is 0 Å². The lowest BCUT2D eigenvalue weighted by Gasteiger charge is -2.22. The number of amides is 1. The summed E-state index contributed by atoms with van der Waals surface area (Å²) in [7, 11) is 3.55. The number of hydrogen-bond acceptors (Lipinski definition) is 2. The fourth-order valence-corrected chi connectivity index (χ4v) is 4.18. The molecule has 1 N–H and O–H groups in total. The van der Waals surface area contributed by atoms with E-state index in [4.69, 9.17) is 4.99 Å². The number of fused-ring (bicyclic) bond motifs is 1. The Hall–Kier alpha value is -2.04. The van der Waals surface area contributed by atoms with Gasteiger partial charge in [-0.1, -0.05) is 25.0 Å². The van der Waals surface area contributed by atoms with Gasteiger partial charge < -0.3 is 15.1 Å². The maximum Gasteiger partial charge on any atom is 0.253 e. The third-order valence-electron chi connectivity index (χ3n) is 5.63. The van der Waals surface area contributed by atoms with Crippen LogP contribution >= 0.6 is 0 Å². The Bertz CT molecular complexity index is 624. The van der Waals surface area contributed by atoms with E-state index in [-0.39, 0.29) is 5.91 Å². The van der Waals surface area contributed by atoms with Gasteiger partial charge in [0.2, 0.25) is 0 Å². The van der Waals surface area contributed by atoms with Crippen LogP contribution in [-0.4, -0.2) is 55.4 Å². The third kappa shape index (κ3) is 4.37. The summed E-state index contributed by atoms with van der Waals surface area (Å²) in [5, 5.41) is 3.46. The lowest BCUT2D eigenvalue weighted by atomic mass is 9.82. The van der Waals surface area contributed by atoms with Gasteiger partial charge >= 0.3 is 0 Å². The van der Waals surface area contributed by atoms with E-state index in [0.29, 0.717) is 6.54 Å². The van der Waals surface area contributed by atoms with Crippen LogP contribution in [0.1, 0.15) is 48.5 Å². The van der Waals surface area contributed by atoms with Gasteiger partial charge in [0.15, 0.2) is 5.96 Å². The number of rotatable bonds is 4. The molecule has 0 aromatic heterocycles. The molecule has 2 unspecified atom stereocenters. The lowest BCUT2D eigenvalue weighted by molar-refractivity contribution is 0.0827. The molecular weight excluding hydrogens is 324 g/mol. The minimum absolute atomic E-state index is 0.0352. The maximum absolute atomic E-state index is 12.0. The van der Waals surface area contributed by atoms with Crippen molar-refractivity contribution in [3.05, 3.63) is 35.4 Å². The van der Waals surface area contributed by atoms with Gasteiger partial charge in [0.25, 0.3) is 5.91 Å². The van der Waals surface area contributed by atoms with Crippen LogP contribution in [-0.2, 0) is 6.54 Å². The predicted molar refractivity (Wildman–Crippen MR) is 106 cm³/mol. The molecule has 1 aromatic carbocycles. The van der Waals surface area contributed by atoms with Crippen molar-refractivity contribution in [1.82, 2.24) is 15.1 Å². The van der Waals surface area contributed by atoms with Crippen LogP contribution in [0.4, 0.5) is 0 Å². The second-order valence-corrected chi connectivity index (χ2v) is 7.78. The van der Waals surface area contributed by atoms with Gasteiger partial charge in [0.1, 0.15) is 0 Å². The van der Waals surface area contributed by atoms with Gasteiger partial charge in [-0.3, -0.25) is 4.79 Å². The predicted octanol–water partition coefficient (Wildman–Crippen LogP) is 2.98. The van der Waals surface area contributed by atoms with E-state index in [9.17, 15) is 4.79 Å². The number of nitrogens with zero attached hydrogens (tertiary/aromatic N) is 3. The molecule has 1 amide bonds. The number of guanidine groups is 1. The largest absolute Gasteiger partial charge is 0.357 e. The molecule has 3 rings (SSSR count). The Morgan fingerprint density at radius 1 is 1.15 bits per heavy atom. The fourth-order valence-electron chi connectivity index (χ4n) is 4.18. The maximum atomic E-state index is 12.0. The minimum atomic E-state index is 0.0352. The first-order valence-corrected chi connectivity index (χ1v) is 9.92. The van der Waals surface area contributed by atoms with Crippen LogP contribution < -0.4 is 5.32 Å². The zero-order valence-corrected chi connectivity index (χ0v) is 16.4. The van der Waals surface area contributed by atoms with Crippen LogP contribution in [0.25, 0.3) is 0 Å². The second-order valence-electron chi connectivity index (χ2n) is 7.78. The summed E-state index contributed by atoms with van der Waals surface area (Å²) >= 11 is 0. The number of likely N-dealkylation sites (tertiary alicyclic amines) is 1. The first kappa shape index (κ1) is 18.7. The molecule has 5 heteroatoms. The molecule has 1 aliphatic heterocycles. The van der Waals surface area contributed by atoms with Crippen LogP contribution in [0.5, 0.6) is 0 Å². The highest BCUT2D eigenvalue weighted by Gasteiger charge is 2.35. The average molecular weight is 357 g/mol. The first-order valence-electron chi connectivity index (χ1n) is 9.92. The van der Waals surface area contributed by atoms with Crippen molar-refractivity contribution in [3.63, 3.8) is 0 Å². The molecule has 0 spiro atoms. The van der Waals surface area contributed by atoms with Gasteiger partial charge in [-0.15, -0.1) is 0 Å². The third-order valence-corrected chi connectivity index (χ3v) is 5.63. The summed E-state index contributed by atoms with van der Waals surface area (Å²) < 4.78 is 0. The van der Waals surface area contributed by atoms with Gasteiger partial charge in [-0.05, 0) is 49.3 Å². The summed E-state index contributed by atoms with van der Waals surface area (Å²) in [6.07, 6.45) is 5.53. The zero-order valence-electron chi connectivity index (χ0n) is 16.4. The molecule has 1 aliphatic carbocycles. The SMILES string of the molecule is CCNC(=NCc1ccc(C(=O)N(C)C)cc1)N1CC2CCCCC2C1. The molecule has 1 saturated heterocycles. The number of aliphatic imine (C=N–C) groups is 1. The summed E-state index contributed by atoms with van der Waals surface area (Å²) in [5.41, 5.74) is 1.85. The Labute approximate surface area is 157 Å². The molecule has 1 heterocycles. The van der Waals surface area contributed by atoms with E-state index in [1.807, 2.05) is 24.3 Å². The molecule has 5 nitrogen and oxygen atoms in total. The van der Waals surface area contributed by atoms with Crippen LogP contribution in [0.3, 0.4) is 0 Å². The smallest absolute Gasteiger partial charge is 0.253 e. The summed E-state index contributed by atoms with van der Waals surface area (Å²) in [6, 6.07) is 7.80. The number of hydrogen-bond donors (Lipinski definition) is 1. The topological polar surface area (TPSA) is 47.9 Å². The van der Waals surface area contributed by atoms with Crippen LogP contribution in [0.15, 0.2) is 29.3 Å². The highest BCUT2D eigenvalue weighted by molar-refractivity contribution is 5.93. The van der Waals surface area contributed by atoms with Gasteiger partial charge in [-0.25, -0.2) is 4.99 Å². The normalized spacial score (nSPS) is 22.9. The van der Waals surface area contributed by atoms with Crippen molar-refractivity contribution in [2.45, 2.75) is 39.2 Å². The highest BCUT2D eigenvalue weighted by Crippen LogP contribution is 2.35. The molecule has 26 heavy (non-hydrogen) atoms. The molecule has 1 aromatic rings. The number of carbonyl (C=O) groups excluding carboxylic acids is 1. The van der Waals surface area contributed by atoms with Gasteiger partial charge in [0, 0.05) is 39.3 Å². The quantitative estimate of drug-likeness (QED) is 0.666. The molecule has 2 fully saturated rings. The fraction of sp³-hybridized carbons (Fsp3) is 0.619. The van der Waals surface area contributed by atoms with E-state index in [1.54, 1.807) is 19.0 Å². The van der Waals surface area contributed by atoms with Crippen molar-refractivity contribution in [2.24, 2.45) is 16.8 Å². The standard InChI is InChI=1S/C21H32N4O/c1-4-22-21(25-14-18-7-5-6-8-19(18)15-25)23-13-16-9-11-17(12-10-16)20(26)24(2)3/h9-12,18-19H,4-8,13-15H2,1-3H3,(H,22,23). The van der Waals surface area contributed by atoms with E-state index in [1.165, 1.54) is 25.7 Å². The molecule has 2 atom stereocenters. The molecular formula is C21H32N4O. The van der Waals surface area contributed by atoms with E-state index >= 15 is 0 Å².